The normalized spacial score (nSPS) is 14.5. The van der Waals surface area contributed by atoms with Crippen LogP contribution in [0.3, 0.4) is 0 Å². The van der Waals surface area contributed by atoms with Gasteiger partial charge >= 0.3 is 5.97 Å². The van der Waals surface area contributed by atoms with Crippen LogP contribution in [0.2, 0.25) is 0 Å². The van der Waals surface area contributed by atoms with Gasteiger partial charge in [-0.1, -0.05) is 114 Å². The van der Waals surface area contributed by atoms with E-state index in [1.165, 1.54) is 70.6 Å². The maximum absolute atomic E-state index is 12.4. The summed E-state index contributed by atoms with van der Waals surface area (Å²) in [5.41, 5.74) is 0.459. The fraction of sp³-hybridized carbons (Fsp3) is 0.633. The SMILES string of the molecule is CCCCCCCCCCCCCCC#CC#CC(=O)OC1(c2ccccc2)CCNCC1. The van der Waals surface area contributed by atoms with Gasteiger partial charge < -0.3 is 10.1 Å². The Balaban J connectivity index is 1.57. The molecule has 0 aromatic heterocycles. The van der Waals surface area contributed by atoms with Crippen molar-refractivity contribution in [2.45, 2.75) is 109 Å². The third-order valence-electron chi connectivity index (χ3n) is 6.47. The number of carbonyl (C=O) groups excluding carboxylic acids is 1. The second-order valence-corrected chi connectivity index (χ2v) is 9.19. The van der Waals surface area contributed by atoms with Gasteiger partial charge in [0, 0.05) is 25.2 Å². The number of hydrogen-bond acceptors (Lipinski definition) is 3. The molecule has 0 unspecified atom stereocenters. The van der Waals surface area contributed by atoms with Crippen LogP contribution >= 0.6 is 0 Å². The molecule has 2 rings (SSSR count). The van der Waals surface area contributed by atoms with E-state index in [9.17, 15) is 4.79 Å². The Bertz CT molecular complexity index is 772. The summed E-state index contributed by atoms with van der Waals surface area (Å²) < 4.78 is 5.87. The molecule has 1 aliphatic rings. The van der Waals surface area contributed by atoms with E-state index in [0.29, 0.717) is 0 Å². The number of unbranched alkanes of at least 4 members (excludes halogenated alkanes) is 12. The lowest BCUT2D eigenvalue weighted by molar-refractivity contribution is -0.156. The summed E-state index contributed by atoms with van der Waals surface area (Å²) in [5.74, 6) is 10.7. The number of ether oxygens (including phenoxy) is 1. The highest BCUT2D eigenvalue weighted by Crippen LogP contribution is 2.34. The predicted octanol–water partition coefficient (Wildman–Crippen LogP) is 6.91. The van der Waals surface area contributed by atoms with Crippen LogP contribution in [-0.2, 0) is 15.1 Å². The first kappa shape index (κ1) is 27.0. The quantitative estimate of drug-likeness (QED) is 0.145. The fourth-order valence-electron chi connectivity index (χ4n) is 4.47. The van der Waals surface area contributed by atoms with E-state index >= 15 is 0 Å². The molecule has 0 radical (unpaired) electrons. The summed E-state index contributed by atoms with van der Waals surface area (Å²) in [6.07, 6.45) is 18.5. The Labute approximate surface area is 202 Å². The van der Waals surface area contributed by atoms with Crippen LogP contribution in [0.25, 0.3) is 0 Å². The first-order valence-corrected chi connectivity index (χ1v) is 13.2. The van der Waals surface area contributed by atoms with Crippen molar-refractivity contribution in [2.75, 3.05) is 13.1 Å². The van der Waals surface area contributed by atoms with Gasteiger partial charge in [0.15, 0.2) is 0 Å². The number of esters is 1. The van der Waals surface area contributed by atoms with Gasteiger partial charge in [-0.15, -0.1) is 0 Å². The molecule has 1 saturated heterocycles. The van der Waals surface area contributed by atoms with E-state index in [-0.39, 0.29) is 0 Å². The predicted molar refractivity (Wildman–Crippen MR) is 138 cm³/mol. The number of nitrogens with one attached hydrogen (secondary N) is 1. The molecule has 180 valence electrons. The third-order valence-corrected chi connectivity index (χ3v) is 6.47. The van der Waals surface area contributed by atoms with Gasteiger partial charge in [-0.3, -0.25) is 0 Å². The van der Waals surface area contributed by atoms with Crippen molar-refractivity contribution < 1.29 is 9.53 Å². The zero-order chi connectivity index (χ0) is 23.5. The zero-order valence-corrected chi connectivity index (χ0v) is 20.7. The molecule has 33 heavy (non-hydrogen) atoms. The van der Waals surface area contributed by atoms with E-state index in [2.05, 4.69) is 35.9 Å². The van der Waals surface area contributed by atoms with Crippen LogP contribution in [0.15, 0.2) is 30.3 Å². The number of piperidine rings is 1. The molecule has 3 heteroatoms. The Kier molecular flexibility index (Phi) is 14.1. The maximum Gasteiger partial charge on any atom is 0.386 e. The van der Waals surface area contributed by atoms with Crippen molar-refractivity contribution in [1.29, 1.82) is 0 Å². The van der Waals surface area contributed by atoms with Crippen molar-refractivity contribution in [1.82, 2.24) is 5.32 Å². The lowest BCUT2D eigenvalue weighted by Crippen LogP contribution is -2.43. The lowest BCUT2D eigenvalue weighted by atomic mass is 9.85. The fourth-order valence-corrected chi connectivity index (χ4v) is 4.47. The highest BCUT2D eigenvalue weighted by molar-refractivity contribution is 5.89. The van der Waals surface area contributed by atoms with E-state index in [0.717, 1.165) is 44.3 Å². The summed E-state index contributed by atoms with van der Waals surface area (Å²) in [5, 5.41) is 3.33. The smallest absolute Gasteiger partial charge is 0.386 e. The molecule has 1 fully saturated rings. The van der Waals surface area contributed by atoms with Crippen LogP contribution in [-0.4, -0.2) is 19.1 Å². The largest absolute Gasteiger partial charge is 0.444 e. The second kappa shape index (κ2) is 17.3. The van der Waals surface area contributed by atoms with Crippen LogP contribution in [0.1, 0.15) is 109 Å². The molecule has 3 nitrogen and oxygen atoms in total. The van der Waals surface area contributed by atoms with Gasteiger partial charge in [-0.2, -0.15) is 0 Å². The Morgan fingerprint density at radius 2 is 1.42 bits per heavy atom. The van der Waals surface area contributed by atoms with E-state index < -0.39 is 11.6 Å². The Morgan fingerprint density at radius 1 is 0.848 bits per heavy atom. The average Bonchev–Trinajstić information content (AvgIpc) is 2.85. The maximum atomic E-state index is 12.4. The summed E-state index contributed by atoms with van der Waals surface area (Å²) in [6.45, 7) is 3.93. The van der Waals surface area contributed by atoms with Crippen molar-refractivity contribution in [3.05, 3.63) is 35.9 Å². The highest BCUT2D eigenvalue weighted by Gasteiger charge is 2.37. The van der Waals surface area contributed by atoms with E-state index in [4.69, 9.17) is 4.74 Å². The molecule has 1 aromatic carbocycles. The first-order chi connectivity index (χ1) is 16.3. The van der Waals surface area contributed by atoms with Crippen LogP contribution in [0.5, 0.6) is 0 Å². The molecule has 0 spiro atoms. The van der Waals surface area contributed by atoms with Gasteiger partial charge in [0.25, 0.3) is 0 Å². The molecule has 0 atom stereocenters. The highest BCUT2D eigenvalue weighted by atomic mass is 16.6. The lowest BCUT2D eigenvalue weighted by Gasteiger charge is -2.36. The minimum atomic E-state index is -0.583. The van der Waals surface area contributed by atoms with Crippen LogP contribution in [0, 0.1) is 23.7 Å². The van der Waals surface area contributed by atoms with Gasteiger partial charge in [0.1, 0.15) is 5.60 Å². The third kappa shape index (κ3) is 11.5. The van der Waals surface area contributed by atoms with E-state index in [1.807, 2.05) is 30.3 Å². The minimum Gasteiger partial charge on any atom is -0.444 e. The van der Waals surface area contributed by atoms with Gasteiger partial charge in [0.05, 0.1) is 0 Å². The van der Waals surface area contributed by atoms with Crippen LogP contribution < -0.4 is 5.32 Å². The average molecular weight is 450 g/mol. The number of carbonyl (C=O) groups is 1. The van der Waals surface area contributed by atoms with Crippen molar-refractivity contribution in [3.63, 3.8) is 0 Å². The van der Waals surface area contributed by atoms with Crippen molar-refractivity contribution >= 4 is 5.97 Å². The van der Waals surface area contributed by atoms with Gasteiger partial charge in [0.2, 0.25) is 0 Å². The topological polar surface area (TPSA) is 38.3 Å². The molecule has 1 aliphatic heterocycles. The van der Waals surface area contributed by atoms with E-state index in [1.54, 1.807) is 0 Å². The number of hydrogen-bond donors (Lipinski definition) is 1. The number of benzene rings is 1. The summed E-state index contributed by atoms with van der Waals surface area (Å²) in [4.78, 5) is 12.4. The molecule has 0 amide bonds. The summed E-state index contributed by atoms with van der Waals surface area (Å²) in [7, 11) is 0. The standard InChI is InChI=1S/C30H43NO2/c1-2-3-4-5-6-7-8-9-10-11-12-13-14-15-16-20-23-29(32)33-30(24-26-31-27-25-30)28-21-18-17-19-22-28/h17-19,21-22,31H,2-14,24-27H2,1H3. The summed E-state index contributed by atoms with van der Waals surface area (Å²) >= 11 is 0. The van der Waals surface area contributed by atoms with Crippen molar-refractivity contribution in [2.24, 2.45) is 0 Å². The molecule has 1 N–H and O–H groups in total. The monoisotopic (exact) mass is 449 g/mol. The molecular formula is C30H43NO2. The summed E-state index contributed by atoms with van der Waals surface area (Å²) in [6, 6.07) is 10.0. The van der Waals surface area contributed by atoms with Crippen molar-refractivity contribution in [3.8, 4) is 23.7 Å². The van der Waals surface area contributed by atoms with Gasteiger partial charge in [-0.25, -0.2) is 4.79 Å². The zero-order valence-electron chi connectivity index (χ0n) is 20.7. The molecule has 1 heterocycles. The molecule has 1 aromatic rings. The molecular weight excluding hydrogens is 406 g/mol. The minimum absolute atomic E-state index is 0.486. The Hall–Kier alpha value is -2.23. The Morgan fingerprint density at radius 3 is 2.03 bits per heavy atom. The molecule has 0 saturated carbocycles. The second-order valence-electron chi connectivity index (χ2n) is 9.19. The van der Waals surface area contributed by atoms with Gasteiger partial charge in [-0.05, 0) is 36.9 Å². The first-order valence-electron chi connectivity index (χ1n) is 13.2. The van der Waals surface area contributed by atoms with Crippen LogP contribution in [0.4, 0.5) is 0 Å². The number of rotatable bonds is 14. The molecule has 0 aliphatic carbocycles. The molecule has 0 bridgehead atoms.